The van der Waals surface area contributed by atoms with Gasteiger partial charge in [-0.2, -0.15) is 0 Å². The van der Waals surface area contributed by atoms with E-state index in [1.54, 1.807) is 7.11 Å². The number of nitrogens with one attached hydrogen (secondary N) is 1. The lowest BCUT2D eigenvalue weighted by atomic mass is 10.1. The smallest absolute Gasteiger partial charge is 0.119 e. The van der Waals surface area contributed by atoms with Gasteiger partial charge in [0, 0.05) is 12.5 Å². The SMILES string of the molecule is COc1ccc(OC[C@@H]2CCNC2)cc1. The van der Waals surface area contributed by atoms with Crippen LogP contribution in [0.4, 0.5) is 0 Å². The summed E-state index contributed by atoms with van der Waals surface area (Å²) in [5.74, 6) is 2.44. The molecule has 1 atom stereocenters. The monoisotopic (exact) mass is 207 g/mol. The van der Waals surface area contributed by atoms with E-state index in [1.165, 1.54) is 6.42 Å². The van der Waals surface area contributed by atoms with Crippen molar-refractivity contribution < 1.29 is 9.47 Å². The second-order valence-electron chi connectivity index (χ2n) is 3.85. The predicted molar refractivity (Wildman–Crippen MR) is 59.5 cm³/mol. The molecule has 0 radical (unpaired) electrons. The molecule has 1 aromatic rings. The van der Waals surface area contributed by atoms with Gasteiger partial charge in [-0.05, 0) is 37.2 Å². The zero-order valence-corrected chi connectivity index (χ0v) is 9.03. The normalized spacial score (nSPS) is 20.2. The summed E-state index contributed by atoms with van der Waals surface area (Å²) in [5.41, 5.74) is 0. The highest BCUT2D eigenvalue weighted by molar-refractivity contribution is 5.31. The third-order valence-electron chi connectivity index (χ3n) is 2.71. The number of methoxy groups -OCH3 is 1. The van der Waals surface area contributed by atoms with Crippen molar-refractivity contribution >= 4 is 0 Å². The topological polar surface area (TPSA) is 30.5 Å². The summed E-state index contributed by atoms with van der Waals surface area (Å²) < 4.78 is 10.8. The fourth-order valence-corrected chi connectivity index (χ4v) is 1.74. The largest absolute Gasteiger partial charge is 0.497 e. The molecule has 1 heterocycles. The van der Waals surface area contributed by atoms with Crippen LogP contribution in [0.5, 0.6) is 11.5 Å². The van der Waals surface area contributed by atoms with E-state index >= 15 is 0 Å². The molecule has 1 saturated heterocycles. The second kappa shape index (κ2) is 5.03. The molecular weight excluding hydrogens is 190 g/mol. The third-order valence-corrected chi connectivity index (χ3v) is 2.71. The molecule has 82 valence electrons. The van der Waals surface area contributed by atoms with Crippen molar-refractivity contribution in [3.63, 3.8) is 0 Å². The Bertz CT molecular complexity index is 291. The Labute approximate surface area is 90.4 Å². The lowest BCUT2D eigenvalue weighted by Gasteiger charge is -2.10. The molecule has 0 aromatic heterocycles. The summed E-state index contributed by atoms with van der Waals surface area (Å²) in [7, 11) is 1.67. The van der Waals surface area contributed by atoms with Crippen molar-refractivity contribution in [1.82, 2.24) is 5.32 Å². The summed E-state index contributed by atoms with van der Waals surface area (Å²) >= 11 is 0. The summed E-state index contributed by atoms with van der Waals surface area (Å²) in [5, 5.41) is 3.33. The van der Waals surface area contributed by atoms with E-state index in [0.717, 1.165) is 31.2 Å². The van der Waals surface area contributed by atoms with E-state index in [9.17, 15) is 0 Å². The highest BCUT2D eigenvalue weighted by Crippen LogP contribution is 2.18. The average Bonchev–Trinajstić information content (AvgIpc) is 2.80. The second-order valence-corrected chi connectivity index (χ2v) is 3.85. The van der Waals surface area contributed by atoms with E-state index in [0.29, 0.717) is 5.92 Å². The van der Waals surface area contributed by atoms with E-state index in [2.05, 4.69) is 5.32 Å². The van der Waals surface area contributed by atoms with Crippen molar-refractivity contribution in [3.8, 4) is 11.5 Å². The van der Waals surface area contributed by atoms with Gasteiger partial charge in [0.15, 0.2) is 0 Å². The van der Waals surface area contributed by atoms with Gasteiger partial charge < -0.3 is 14.8 Å². The van der Waals surface area contributed by atoms with Crippen molar-refractivity contribution in [2.75, 3.05) is 26.8 Å². The van der Waals surface area contributed by atoms with Gasteiger partial charge in [0.25, 0.3) is 0 Å². The van der Waals surface area contributed by atoms with Crippen molar-refractivity contribution in [2.45, 2.75) is 6.42 Å². The summed E-state index contributed by atoms with van der Waals surface area (Å²) in [6, 6.07) is 7.73. The van der Waals surface area contributed by atoms with Crippen LogP contribution >= 0.6 is 0 Å². The third kappa shape index (κ3) is 2.86. The molecule has 0 aliphatic carbocycles. The molecule has 1 fully saturated rings. The maximum absolute atomic E-state index is 5.69. The molecule has 1 aliphatic rings. The zero-order valence-electron chi connectivity index (χ0n) is 9.03. The molecule has 1 aliphatic heterocycles. The van der Waals surface area contributed by atoms with E-state index in [1.807, 2.05) is 24.3 Å². The molecular formula is C12H17NO2. The molecule has 3 heteroatoms. The Hall–Kier alpha value is -1.22. The van der Waals surface area contributed by atoms with Crippen LogP contribution < -0.4 is 14.8 Å². The molecule has 1 N–H and O–H groups in total. The maximum atomic E-state index is 5.69. The van der Waals surface area contributed by atoms with Gasteiger partial charge in [-0.25, -0.2) is 0 Å². The Morgan fingerprint density at radius 3 is 2.60 bits per heavy atom. The maximum Gasteiger partial charge on any atom is 0.119 e. The minimum atomic E-state index is 0.659. The Morgan fingerprint density at radius 1 is 1.27 bits per heavy atom. The minimum absolute atomic E-state index is 0.659. The van der Waals surface area contributed by atoms with Gasteiger partial charge in [-0.1, -0.05) is 0 Å². The van der Waals surface area contributed by atoms with Gasteiger partial charge in [0.05, 0.1) is 13.7 Å². The van der Waals surface area contributed by atoms with Crippen LogP contribution in [0.3, 0.4) is 0 Å². The van der Waals surface area contributed by atoms with Crippen LogP contribution in [0, 0.1) is 5.92 Å². The van der Waals surface area contributed by atoms with E-state index in [-0.39, 0.29) is 0 Å². The van der Waals surface area contributed by atoms with Crippen molar-refractivity contribution in [3.05, 3.63) is 24.3 Å². The lowest BCUT2D eigenvalue weighted by molar-refractivity contribution is 0.259. The first-order valence-corrected chi connectivity index (χ1v) is 5.36. The molecule has 15 heavy (non-hydrogen) atoms. The first-order valence-electron chi connectivity index (χ1n) is 5.36. The Balaban J connectivity index is 1.82. The van der Waals surface area contributed by atoms with Gasteiger partial charge in [0.1, 0.15) is 11.5 Å². The molecule has 0 bridgehead atoms. The van der Waals surface area contributed by atoms with Crippen molar-refractivity contribution in [1.29, 1.82) is 0 Å². The molecule has 3 nitrogen and oxygen atoms in total. The quantitative estimate of drug-likeness (QED) is 0.815. The molecule has 2 rings (SSSR count). The van der Waals surface area contributed by atoms with Crippen LogP contribution in [-0.2, 0) is 0 Å². The number of hydrogen-bond acceptors (Lipinski definition) is 3. The number of rotatable bonds is 4. The van der Waals surface area contributed by atoms with Gasteiger partial charge in [-0.3, -0.25) is 0 Å². The first kappa shape index (κ1) is 10.3. The van der Waals surface area contributed by atoms with Crippen LogP contribution in [0.15, 0.2) is 24.3 Å². The van der Waals surface area contributed by atoms with E-state index < -0.39 is 0 Å². The Morgan fingerprint density at radius 2 is 2.00 bits per heavy atom. The lowest BCUT2D eigenvalue weighted by Crippen LogP contribution is -2.15. The summed E-state index contributed by atoms with van der Waals surface area (Å²) in [6.45, 7) is 3.01. The molecule has 0 amide bonds. The highest BCUT2D eigenvalue weighted by Gasteiger charge is 2.14. The predicted octanol–water partition coefficient (Wildman–Crippen LogP) is 1.68. The van der Waals surface area contributed by atoms with Crippen LogP contribution in [0.25, 0.3) is 0 Å². The summed E-state index contributed by atoms with van der Waals surface area (Å²) in [6.07, 6.45) is 1.22. The van der Waals surface area contributed by atoms with E-state index in [4.69, 9.17) is 9.47 Å². The average molecular weight is 207 g/mol. The molecule has 0 saturated carbocycles. The first-order chi connectivity index (χ1) is 7.38. The van der Waals surface area contributed by atoms with Gasteiger partial charge >= 0.3 is 0 Å². The standard InChI is InChI=1S/C12H17NO2/c1-14-11-2-4-12(5-3-11)15-9-10-6-7-13-8-10/h2-5,10,13H,6-9H2,1H3/t10-/m1/s1. The van der Waals surface area contributed by atoms with Crippen LogP contribution in [0.2, 0.25) is 0 Å². The number of benzene rings is 1. The fraction of sp³-hybridized carbons (Fsp3) is 0.500. The molecule has 0 unspecified atom stereocenters. The molecule has 1 aromatic carbocycles. The number of ether oxygens (including phenoxy) is 2. The van der Waals surface area contributed by atoms with Crippen LogP contribution in [-0.4, -0.2) is 26.8 Å². The zero-order chi connectivity index (χ0) is 10.5. The van der Waals surface area contributed by atoms with Crippen molar-refractivity contribution in [2.24, 2.45) is 5.92 Å². The number of hydrogen-bond donors (Lipinski definition) is 1. The highest BCUT2D eigenvalue weighted by atomic mass is 16.5. The van der Waals surface area contributed by atoms with Gasteiger partial charge in [-0.15, -0.1) is 0 Å². The fourth-order valence-electron chi connectivity index (χ4n) is 1.74. The van der Waals surface area contributed by atoms with Crippen LogP contribution in [0.1, 0.15) is 6.42 Å². The summed E-state index contributed by atoms with van der Waals surface area (Å²) in [4.78, 5) is 0. The molecule has 0 spiro atoms. The van der Waals surface area contributed by atoms with Gasteiger partial charge in [0.2, 0.25) is 0 Å². The minimum Gasteiger partial charge on any atom is -0.497 e. The Kier molecular flexibility index (Phi) is 3.45.